The Kier molecular flexibility index (Phi) is 5.24. The van der Waals surface area contributed by atoms with Crippen LogP contribution < -0.4 is 15.2 Å². The van der Waals surface area contributed by atoms with E-state index >= 15 is 0 Å². The maximum absolute atomic E-state index is 12.0. The molecular weight excluding hydrogens is 319 g/mol. The zero-order chi connectivity index (χ0) is 13.8. The van der Waals surface area contributed by atoms with Crippen LogP contribution in [0.15, 0.2) is 22.7 Å². The van der Waals surface area contributed by atoms with Crippen molar-refractivity contribution in [2.75, 3.05) is 13.2 Å². The summed E-state index contributed by atoms with van der Waals surface area (Å²) in [6.45, 7) is -0.00114. The molecule has 102 valence electrons. The fourth-order valence-electron chi connectivity index (χ4n) is 1.04. The molecule has 1 rings (SSSR count). The van der Waals surface area contributed by atoms with E-state index in [2.05, 4.69) is 20.7 Å². The molecule has 0 saturated carbocycles. The molecule has 8 heteroatoms. The van der Waals surface area contributed by atoms with E-state index < -0.39 is 12.5 Å². The highest BCUT2D eigenvalue weighted by molar-refractivity contribution is 9.10. The Bertz CT molecular complexity index is 400. The Hall–Kier alpha value is -0.990. The van der Waals surface area contributed by atoms with Crippen LogP contribution in [0.25, 0.3) is 0 Å². The molecule has 0 spiro atoms. The number of benzene rings is 1. The maximum atomic E-state index is 12.0. The zero-order valence-electron chi connectivity index (χ0n) is 9.08. The Morgan fingerprint density at radius 1 is 1.39 bits per heavy atom. The standard InChI is InChI=1S/C10H11BrF3NO3/c11-8-3-7(17-5-6(16)4-15)1-2-9(8)18-10(12,13)14/h1-3,6,16H,4-5,15H2. The Balaban J connectivity index is 2.67. The number of alkyl halides is 3. The number of ether oxygens (including phenoxy) is 2. The van der Waals surface area contributed by atoms with Gasteiger partial charge in [0, 0.05) is 6.54 Å². The first-order chi connectivity index (χ1) is 8.31. The van der Waals surface area contributed by atoms with Crippen LogP contribution in [0, 0.1) is 0 Å². The van der Waals surface area contributed by atoms with Gasteiger partial charge in [-0.3, -0.25) is 0 Å². The van der Waals surface area contributed by atoms with Crippen molar-refractivity contribution in [3.05, 3.63) is 22.7 Å². The Morgan fingerprint density at radius 3 is 2.56 bits per heavy atom. The van der Waals surface area contributed by atoms with Crippen molar-refractivity contribution in [1.29, 1.82) is 0 Å². The number of aliphatic hydroxyl groups is 1. The lowest BCUT2D eigenvalue weighted by Crippen LogP contribution is -2.26. The summed E-state index contributed by atoms with van der Waals surface area (Å²) < 4.78 is 45.0. The molecule has 4 nitrogen and oxygen atoms in total. The average Bonchev–Trinajstić information content (AvgIpc) is 2.27. The smallest absolute Gasteiger partial charge is 0.491 e. The van der Waals surface area contributed by atoms with Gasteiger partial charge in [-0.1, -0.05) is 0 Å². The van der Waals surface area contributed by atoms with Crippen molar-refractivity contribution < 1.29 is 27.8 Å². The van der Waals surface area contributed by atoms with Crippen LogP contribution in [0.4, 0.5) is 13.2 Å². The molecule has 1 aromatic carbocycles. The molecule has 1 unspecified atom stereocenters. The predicted molar refractivity (Wildman–Crippen MR) is 61.4 cm³/mol. The molecule has 0 amide bonds. The third kappa shape index (κ3) is 5.11. The fraction of sp³-hybridized carbons (Fsp3) is 0.400. The first-order valence-electron chi connectivity index (χ1n) is 4.88. The van der Waals surface area contributed by atoms with Crippen LogP contribution in [0.2, 0.25) is 0 Å². The molecule has 3 N–H and O–H groups in total. The highest BCUT2D eigenvalue weighted by Gasteiger charge is 2.31. The monoisotopic (exact) mass is 329 g/mol. The van der Waals surface area contributed by atoms with Crippen LogP contribution >= 0.6 is 15.9 Å². The molecular formula is C10H11BrF3NO3. The lowest BCUT2D eigenvalue weighted by atomic mass is 10.3. The van der Waals surface area contributed by atoms with Gasteiger partial charge in [0.2, 0.25) is 0 Å². The molecule has 0 fully saturated rings. The van der Waals surface area contributed by atoms with Crippen molar-refractivity contribution >= 4 is 15.9 Å². The molecule has 1 aromatic rings. The van der Waals surface area contributed by atoms with E-state index in [1.54, 1.807) is 0 Å². The summed E-state index contributed by atoms with van der Waals surface area (Å²) >= 11 is 2.93. The van der Waals surface area contributed by atoms with Gasteiger partial charge in [-0.15, -0.1) is 13.2 Å². The molecule has 18 heavy (non-hydrogen) atoms. The molecule has 0 aromatic heterocycles. The van der Waals surface area contributed by atoms with E-state index in [0.29, 0.717) is 5.75 Å². The van der Waals surface area contributed by atoms with Crippen molar-refractivity contribution in [2.45, 2.75) is 12.5 Å². The molecule has 0 aliphatic rings. The summed E-state index contributed by atoms with van der Waals surface area (Å²) in [4.78, 5) is 0. The molecule has 0 saturated heterocycles. The van der Waals surface area contributed by atoms with E-state index in [9.17, 15) is 13.2 Å². The topological polar surface area (TPSA) is 64.7 Å². The summed E-state index contributed by atoms with van der Waals surface area (Å²) in [6, 6.07) is 3.72. The van der Waals surface area contributed by atoms with Gasteiger partial charge in [-0.2, -0.15) is 0 Å². The van der Waals surface area contributed by atoms with Gasteiger partial charge in [0.25, 0.3) is 0 Å². The third-order valence-corrected chi connectivity index (χ3v) is 2.46. The molecule has 0 heterocycles. The minimum Gasteiger partial charge on any atom is -0.491 e. The SMILES string of the molecule is NCC(O)COc1ccc(OC(F)(F)F)c(Br)c1. The van der Waals surface area contributed by atoms with Crippen molar-refractivity contribution in [3.63, 3.8) is 0 Å². The molecule has 0 bridgehead atoms. The van der Waals surface area contributed by atoms with E-state index in [1.807, 2.05) is 0 Å². The average molecular weight is 330 g/mol. The number of halogens is 4. The number of hydrogen-bond acceptors (Lipinski definition) is 4. The summed E-state index contributed by atoms with van der Waals surface area (Å²) in [7, 11) is 0. The third-order valence-electron chi connectivity index (χ3n) is 1.84. The largest absolute Gasteiger partial charge is 0.573 e. The van der Waals surface area contributed by atoms with Gasteiger partial charge in [-0.25, -0.2) is 0 Å². The molecule has 0 radical (unpaired) electrons. The van der Waals surface area contributed by atoms with Gasteiger partial charge in [-0.05, 0) is 34.1 Å². The van der Waals surface area contributed by atoms with Gasteiger partial charge < -0.3 is 20.3 Å². The minimum absolute atomic E-state index is 0.0381. The lowest BCUT2D eigenvalue weighted by molar-refractivity contribution is -0.274. The van der Waals surface area contributed by atoms with Crippen LogP contribution in [0.3, 0.4) is 0 Å². The van der Waals surface area contributed by atoms with E-state index in [0.717, 1.165) is 6.07 Å². The second-order valence-electron chi connectivity index (χ2n) is 3.34. The van der Waals surface area contributed by atoms with Crippen molar-refractivity contribution in [3.8, 4) is 11.5 Å². The molecule has 0 aliphatic heterocycles. The normalized spacial score (nSPS) is 13.2. The highest BCUT2D eigenvalue weighted by atomic mass is 79.9. The summed E-state index contributed by atoms with van der Waals surface area (Å²) in [5.74, 6) is -0.0712. The van der Waals surface area contributed by atoms with E-state index in [4.69, 9.17) is 15.6 Å². The van der Waals surface area contributed by atoms with E-state index in [-0.39, 0.29) is 23.4 Å². The molecule has 1 atom stereocenters. The predicted octanol–water partition coefficient (Wildman–Crippen LogP) is 2.05. The number of aliphatic hydroxyl groups excluding tert-OH is 1. The summed E-state index contributed by atoms with van der Waals surface area (Å²) in [6.07, 6.45) is -5.57. The Morgan fingerprint density at radius 2 is 2.06 bits per heavy atom. The van der Waals surface area contributed by atoms with Crippen molar-refractivity contribution in [2.24, 2.45) is 5.73 Å². The van der Waals surface area contributed by atoms with Crippen LogP contribution in [-0.4, -0.2) is 30.7 Å². The quantitative estimate of drug-likeness (QED) is 0.867. The minimum atomic E-state index is -4.75. The first-order valence-corrected chi connectivity index (χ1v) is 5.67. The number of hydrogen-bond donors (Lipinski definition) is 2. The van der Waals surface area contributed by atoms with Crippen LogP contribution in [0.1, 0.15) is 0 Å². The van der Waals surface area contributed by atoms with Gasteiger partial charge in [0.05, 0.1) is 4.47 Å². The van der Waals surface area contributed by atoms with Crippen molar-refractivity contribution in [1.82, 2.24) is 0 Å². The van der Waals surface area contributed by atoms with Gasteiger partial charge >= 0.3 is 6.36 Å². The second-order valence-corrected chi connectivity index (χ2v) is 4.19. The molecule has 0 aliphatic carbocycles. The number of nitrogens with two attached hydrogens (primary N) is 1. The van der Waals surface area contributed by atoms with Crippen LogP contribution in [-0.2, 0) is 0 Å². The highest BCUT2D eigenvalue weighted by Crippen LogP contribution is 2.33. The first kappa shape index (κ1) is 15.1. The zero-order valence-corrected chi connectivity index (χ0v) is 10.7. The van der Waals surface area contributed by atoms with Gasteiger partial charge in [0.15, 0.2) is 0 Å². The van der Waals surface area contributed by atoms with E-state index in [1.165, 1.54) is 12.1 Å². The maximum Gasteiger partial charge on any atom is 0.573 e. The Labute approximate surface area is 110 Å². The fourth-order valence-corrected chi connectivity index (χ4v) is 1.48. The second kappa shape index (κ2) is 6.26. The van der Waals surface area contributed by atoms with Crippen LogP contribution in [0.5, 0.6) is 11.5 Å². The number of rotatable bonds is 5. The van der Waals surface area contributed by atoms with Gasteiger partial charge in [0.1, 0.15) is 24.2 Å². The summed E-state index contributed by atoms with van der Waals surface area (Å²) in [5.41, 5.74) is 5.18. The summed E-state index contributed by atoms with van der Waals surface area (Å²) in [5, 5.41) is 9.16. The lowest BCUT2D eigenvalue weighted by Gasteiger charge is -2.13.